The Morgan fingerprint density at radius 3 is 3.22 bits per heavy atom. The summed E-state index contributed by atoms with van der Waals surface area (Å²) in [6.45, 7) is 4.99. The minimum atomic E-state index is -0.307. The minimum Gasteiger partial charge on any atom is -0.368 e. The quantitative estimate of drug-likeness (QED) is 0.844. The molecule has 0 aliphatic carbocycles. The van der Waals surface area contributed by atoms with Gasteiger partial charge in [0.2, 0.25) is 0 Å². The number of rotatable bonds is 5. The van der Waals surface area contributed by atoms with E-state index < -0.39 is 0 Å². The Hall–Kier alpha value is -1.36. The van der Waals surface area contributed by atoms with Crippen LogP contribution < -0.4 is 5.32 Å². The first kappa shape index (κ1) is 13.1. The fourth-order valence-electron chi connectivity index (χ4n) is 2.23. The molecular formula is C13H21N3O2. The second-order valence-corrected chi connectivity index (χ2v) is 4.89. The lowest BCUT2D eigenvalue weighted by Crippen LogP contribution is -2.26. The molecule has 18 heavy (non-hydrogen) atoms. The van der Waals surface area contributed by atoms with Gasteiger partial charge in [0.05, 0.1) is 0 Å². The van der Waals surface area contributed by atoms with Crippen molar-refractivity contribution in [3.8, 4) is 0 Å². The maximum atomic E-state index is 11.8. The maximum absolute atomic E-state index is 11.8. The minimum absolute atomic E-state index is 0.0892. The van der Waals surface area contributed by atoms with E-state index in [9.17, 15) is 4.79 Å². The van der Waals surface area contributed by atoms with E-state index in [4.69, 9.17) is 4.74 Å². The Kier molecular flexibility index (Phi) is 4.36. The number of amides is 1. The molecule has 1 saturated heterocycles. The molecule has 0 aromatic carbocycles. The summed E-state index contributed by atoms with van der Waals surface area (Å²) in [7, 11) is 0. The van der Waals surface area contributed by atoms with Crippen molar-refractivity contribution in [2.45, 2.75) is 51.6 Å². The van der Waals surface area contributed by atoms with E-state index >= 15 is 0 Å². The first-order chi connectivity index (χ1) is 8.70. The number of ether oxygens (including phenoxy) is 1. The molecular weight excluding hydrogens is 230 g/mol. The highest BCUT2D eigenvalue weighted by molar-refractivity contribution is 5.93. The number of nitrogens with zero attached hydrogens (tertiary/aromatic N) is 1. The second-order valence-electron chi connectivity index (χ2n) is 4.89. The maximum Gasteiger partial charge on any atom is 0.254 e. The third kappa shape index (κ3) is 3.10. The van der Waals surface area contributed by atoms with Crippen LogP contribution in [0.1, 0.15) is 51.1 Å². The molecule has 100 valence electrons. The van der Waals surface area contributed by atoms with Crippen molar-refractivity contribution in [2.75, 3.05) is 11.9 Å². The van der Waals surface area contributed by atoms with E-state index in [1.807, 2.05) is 6.07 Å². The Balaban J connectivity index is 1.91. The molecule has 0 spiro atoms. The van der Waals surface area contributed by atoms with Crippen LogP contribution in [-0.2, 0) is 9.53 Å². The van der Waals surface area contributed by atoms with Gasteiger partial charge in [0.1, 0.15) is 6.10 Å². The van der Waals surface area contributed by atoms with Crippen LogP contribution in [0.4, 0.5) is 5.82 Å². The highest BCUT2D eigenvalue weighted by Crippen LogP contribution is 2.21. The SMILES string of the molecule is CCCC(C)c1cc(NC(=O)C2CCCO2)n[nH]1. The molecule has 1 aromatic heterocycles. The summed E-state index contributed by atoms with van der Waals surface area (Å²) in [4.78, 5) is 11.8. The standard InChI is InChI=1S/C13H21N3O2/c1-3-5-9(2)10-8-12(16-15-10)14-13(17)11-6-4-7-18-11/h8-9,11H,3-7H2,1-2H3,(H2,14,15,16,17). The zero-order valence-corrected chi connectivity index (χ0v) is 11.0. The van der Waals surface area contributed by atoms with Crippen molar-refractivity contribution in [1.29, 1.82) is 0 Å². The monoisotopic (exact) mass is 251 g/mol. The summed E-state index contributed by atoms with van der Waals surface area (Å²) in [6.07, 6.45) is 3.70. The van der Waals surface area contributed by atoms with Crippen LogP contribution in [0.15, 0.2) is 6.07 Å². The lowest BCUT2D eigenvalue weighted by Gasteiger charge is -2.08. The normalized spacial score (nSPS) is 20.9. The molecule has 2 heterocycles. The van der Waals surface area contributed by atoms with Crippen LogP contribution in [0.2, 0.25) is 0 Å². The van der Waals surface area contributed by atoms with Gasteiger partial charge in [-0.3, -0.25) is 9.89 Å². The largest absolute Gasteiger partial charge is 0.368 e. The third-order valence-corrected chi connectivity index (χ3v) is 3.32. The summed E-state index contributed by atoms with van der Waals surface area (Å²) in [5.41, 5.74) is 1.07. The molecule has 1 amide bonds. The predicted molar refractivity (Wildman–Crippen MR) is 69.5 cm³/mol. The Bertz CT molecular complexity index is 397. The highest BCUT2D eigenvalue weighted by atomic mass is 16.5. The summed E-state index contributed by atoms with van der Waals surface area (Å²) in [6, 6.07) is 1.91. The van der Waals surface area contributed by atoms with Gasteiger partial charge in [-0.2, -0.15) is 5.10 Å². The topological polar surface area (TPSA) is 67.0 Å². The van der Waals surface area contributed by atoms with Gasteiger partial charge in [-0.05, 0) is 25.2 Å². The lowest BCUT2D eigenvalue weighted by molar-refractivity contribution is -0.124. The van der Waals surface area contributed by atoms with Crippen LogP contribution >= 0.6 is 0 Å². The first-order valence-corrected chi connectivity index (χ1v) is 6.68. The van der Waals surface area contributed by atoms with E-state index in [0.717, 1.165) is 31.4 Å². The van der Waals surface area contributed by atoms with Crippen molar-refractivity contribution in [1.82, 2.24) is 10.2 Å². The second kappa shape index (κ2) is 6.00. The van der Waals surface area contributed by atoms with Gasteiger partial charge in [-0.25, -0.2) is 0 Å². The molecule has 5 nitrogen and oxygen atoms in total. The predicted octanol–water partition coefficient (Wildman–Crippen LogP) is 2.43. The number of hydrogen-bond donors (Lipinski definition) is 2. The fourth-order valence-corrected chi connectivity index (χ4v) is 2.23. The van der Waals surface area contributed by atoms with Gasteiger partial charge in [0.25, 0.3) is 5.91 Å². The third-order valence-electron chi connectivity index (χ3n) is 3.32. The van der Waals surface area contributed by atoms with Crippen molar-refractivity contribution in [3.05, 3.63) is 11.8 Å². The number of aromatic nitrogens is 2. The van der Waals surface area contributed by atoms with E-state index in [2.05, 4.69) is 29.4 Å². The zero-order valence-electron chi connectivity index (χ0n) is 11.0. The summed E-state index contributed by atoms with van der Waals surface area (Å²) in [5, 5.41) is 9.89. The van der Waals surface area contributed by atoms with Crippen LogP contribution in [0, 0.1) is 0 Å². The smallest absolute Gasteiger partial charge is 0.254 e. The molecule has 2 N–H and O–H groups in total. The van der Waals surface area contributed by atoms with E-state index in [0.29, 0.717) is 18.3 Å². The van der Waals surface area contributed by atoms with Crippen molar-refractivity contribution in [3.63, 3.8) is 0 Å². The lowest BCUT2D eigenvalue weighted by atomic mass is 10.0. The molecule has 2 unspecified atom stereocenters. The molecule has 1 fully saturated rings. The number of anilines is 1. The molecule has 2 rings (SSSR count). The number of aromatic amines is 1. The molecule has 5 heteroatoms. The summed E-state index contributed by atoms with van der Waals surface area (Å²) >= 11 is 0. The molecule has 0 saturated carbocycles. The molecule has 1 aliphatic heterocycles. The van der Waals surface area contributed by atoms with Crippen molar-refractivity contribution >= 4 is 11.7 Å². The van der Waals surface area contributed by atoms with E-state index in [1.54, 1.807) is 0 Å². The van der Waals surface area contributed by atoms with Gasteiger partial charge < -0.3 is 10.1 Å². The van der Waals surface area contributed by atoms with E-state index in [1.165, 1.54) is 0 Å². The number of carbonyl (C=O) groups excluding carboxylic acids is 1. The number of hydrogen-bond acceptors (Lipinski definition) is 3. The average molecular weight is 251 g/mol. The van der Waals surface area contributed by atoms with Crippen LogP contribution in [0.25, 0.3) is 0 Å². The summed E-state index contributed by atoms with van der Waals surface area (Å²) in [5.74, 6) is 0.943. The summed E-state index contributed by atoms with van der Waals surface area (Å²) < 4.78 is 5.33. The molecule has 0 radical (unpaired) electrons. The van der Waals surface area contributed by atoms with Crippen LogP contribution in [-0.4, -0.2) is 28.8 Å². The number of nitrogens with one attached hydrogen (secondary N) is 2. The Morgan fingerprint density at radius 2 is 2.56 bits per heavy atom. The molecule has 2 atom stereocenters. The van der Waals surface area contributed by atoms with E-state index in [-0.39, 0.29) is 12.0 Å². The van der Waals surface area contributed by atoms with Gasteiger partial charge in [-0.15, -0.1) is 0 Å². The molecule has 1 aromatic rings. The van der Waals surface area contributed by atoms with Gasteiger partial charge in [0, 0.05) is 18.4 Å². The van der Waals surface area contributed by atoms with Crippen LogP contribution in [0.5, 0.6) is 0 Å². The van der Waals surface area contributed by atoms with Gasteiger partial charge in [0.15, 0.2) is 5.82 Å². The van der Waals surface area contributed by atoms with Gasteiger partial charge >= 0.3 is 0 Å². The fraction of sp³-hybridized carbons (Fsp3) is 0.692. The van der Waals surface area contributed by atoms with Gasteiger partial charge in [-0.1, -0.05) is 20.3 Å². The van der Waals surface area contributed by atoms with Crippen molar-refractivity contribution < 1.29 is 9.53 Å². The number of H-pyrrole nitrogens is 1. The average Bonchev–Trinajstić information content (AvgIpc) is 2.99. The zero-order chi connectivity index (χ0) is 13.0. The van der Waals surface area contributed by atoms with Crippen molar-refractivity contribution in [2.24, 2.45) is 0 Å². The Morgan fingerprint density at radius 1 is 1.72 bits per heavy atom. The first-order valence-electron chi connectivity index (χ1n) is 6.68. The molecule has 1 aliphatic rings. The number of carbonyl (C=O) groups is 1. The highest BCUT2D eigenvalue weighted by Gasteiger charge is 2.24. The van der Waals surface area contributed by atoms with Crippen LogP contribution in [0.3, 0.4) is 0 Å². The molecule has 0 bridgehead atoms. The Labute approximate surface area is 107 Å².